The SMILES string of the molecule is CCCCc1cc2c(c3c1=NCCC3)Oc1c(cc3c4c1CCCN4CCCC3)C=2c1cc(C(=O)NCCN(Cc2c(F)c(F)c(N=[N+]=[N-])c(F)c2F)C(=O)CCNC[C@H](O)COc2cccc3ccccc23)ccc1C(=O)O. The van der Waals surface area contributed by atoms with Crippen molar-refractivity contribution in [2.45, 2.75) is 90.2 Å². The number of nitrogens with one attached hydrogen (secondary N) is 2. The zero-order valence-electron chi connectivity index (χ0n) is 43.8. The summed E-state index contributed by atoms with van der Waals surface area (Å²) in [5.74, 6) is -8.39. The highest BCUT2D eigenvalue weighted by atomic mass is 19.2. The van der Waals surface area contributed by atoms with Crippen molar-refractivity contribution in [2.75, 3.05) is 57.3 Å². The van der Waals surface area contributed by atoms with Gasteiger partial charge in [0, 0.05) is 107 Å². The molecular formula is C60H60F4N8O7. The van der Waals surface area contributed by atoms with Crippen LogP contribution in [0, 0.1) is 23.3 Å². The van der Waals surface area contributed by atoms with Gasteiger partial charge >= 0.3 is 5.97 Å². The molecule has 0 fully saturated rings. The normalized spacial score (nSPS) is 14.6. The number of halogens is 4. The third-order valence-electron chi connectivity index (χ3n) is 15.2. The maximum absolute atomic E-state index is 15.5. The molecule has 4 aliphatic rings. The van der Waals surface area contributed by atoms with Crippen LogP contribution in [0.25, 0.3) is 26.8 Å². The Morgan fingerprint density at radius 1 is 0.899 bits per heavy atom. The lowest BCUT2D eigenvalue weighted by Gasteiger charge is -2.36. The zero-order valence-corrected chi connectivity index (χ0v) is 43.8. The highest BCUT2D eigenvalue weighted by Crippen LogP contribution is 2.49. The molecule has 0 saturated heterocycles. The first-order chi connectivity index (χ1) is 38.4. The molecule has 15 nitrogen and oxygen atoms in total. The molecule has 10 rings (SSSR count). The summed E-state index contributed by atoms with van der Waals surface area (Å²) in [5, 5.41) is 33.6. The predicted molar refractivity (Wildman–Crippen MR) is 290 cm³/mol. The quantitative estimate of drug-likeness (QED) is 0.0143. The molecule has 0 aliphatic carbocycles. The number of hydrogen-bond donors (Lipinski definition) is 4. The van der Waals surface area contributed by atoms with Crippen molar-refractivity contribution in [1.29, 1.82) is 0 Å². The Balaban J connectivity index is 0.941. The summed E-state index contributed by atoms with van der Waals surface area (Å²) in [6.07, 6.45) is 7.34. The van der Waals surface area contributed by atoms with Gasteiger partial charge in [-0.05, 0) is 122 Å². The van der Waals surface area contributed by atoms with Gasteiger partial charge < -0.3 is 40.1 Å². The Kier molecular flexibility index (Phi) is 16.5. The highest BCUT2D eigenvalue weighted by molar-refractivity contribution is 6.03. The minimum Gasteiger partial charge on any atom is -0.490 e. The van der Waals surface area contributed by atoms with E-state index in [1.165, 1.54) is 17.8 Å². The van der Waals surface area contributed by atoms with E-state index in [4.69, 9.17) is 20.0 Å². The number of nitrogens with zero attached hydrogens (tertiary/aromatic N) is 6. The summed E-state index contributed by atoms with van der Waals surface area (Å²) in [7, 11) is 0. The van der Waals surface area contributed by atoms with Crippen LogP contribution >= 0.6 is 0 Å². The fourth-order valence-corrected chi connectivity index (χ4v) is 11.4. The second-order valence-electron chi connectivity index (χ2n) is 20.4. The topological polar surface area (TPSA) is 202 Å². The number of hydrogen-bond acceptors (Lipinski definition) is 10. The molecule has 6 aromatic carbocycles. The molecular weight excluding hydrogens is 1020 g/mol. The number of aliphatic hydroxyl groups excluding tert-OH is 1. The molecule has 79 heavy (non-hydrogen) atoms. The molecule has 0 saturated carbocycles. The molecule has 0 radical (unpaired) electrons. The number of ether oxygens (including phenoxy) is 2. The second kappa shape index (κ2) is 23.9. The van der Waals surface area contributed by atoms with E-state index >= 15 is 17.6 Å². The summed E-state index contributed by atoms with van der Waals surface area (Å²) < 4.78 is 74.1. The first-order valence-electron chi connectivity index (χ1n) is 27.0. The number of benzene rings is 6. The Morgan fingerprint density at radius 2 is 1.68 bits per heavy atom. The van der Waals surface area contributed by atoms with Crippen LogP contribution in [0.2, 0.25) is 0 Å². The summed E-state index contributed by atoms with van der Waals surface area (Å²) in [6.45, 7) is 2.77. The van der Waals surface area contributed by atoms with Crippen molar-refractivity contribution >= 4 is 45.5 Å². The summed E-state index contributed by atoms with van der Waals surface area (Å²) in [4.78, 5) is 52.3. The number of fused-ring (bicyclic) bond motifs is 6. The minimum atomic E-state index is -1.95. The molecule has 6 aromatic rings. The van der Waals surface area contributed by atoms with Crippen molar-refractivity contribution in [3.05, 3.63) is 167 Å². The van der Waals surface area contributed by atoms with E-state index < -0.39 is 71.5 Å². The highest BCUT2D eigenvalue weighted by Gasteiger charge is 2.35. The standard InChI is InChI=1S/C60H60F4N8O7/c1-2-3-11-35-28-44-49(45-29-36-13-6-7-25-71-26-10-17-42(56(36)71)58(45)79-57(44)41-16-9-22-67-54(35)41)43-30-37(19-20-40(43)60(76)77)59(75)68-24-27-72(32-46-50(61)52(63)55(69-70-65)53(64)51(46)62)48(74)21-23-66-31-38(73)33-78-47-18-8-14-34-12-4-5-15-39(34)47/h4-5,8,12,14-15,18-20,28-30,38,66,73H,2-3,6-7,9-11,13,16-17,21-27,31-33H2,1H3,(H,68,75)(H,76,77)/t38-/m0/s1. The molecule has 4 N–H and O–H groups in total. The fraction of sp³-hybridized carbons (Fsp3) is 0.367. The smallest absolute Gasteiger partial charge is 0.336 e. The van der Waals surface area contributed by atoms with Crippen LogP contribution in [0.1, 0.15) is 112 Å². The van der Waals surface area contributed by atoms with Gasteiger partial charge in [-0.25, -0.2) is 22.4 Å². The Labute approximate surface area is 453 Å². The number of carboxylic acid groups (broad SMARTS) is 1. The van der Waals surface area contributed by atoms with Crippen LogP contribution in [0.5, 0.6) is 17.2 Å². The van der Waals surface area contributed by atoms with Crippen LogP contribution in [0.15, 0.2) is 82.9 Å². The first kappa shape index (κ1) is 54.4. The lowest BCUT2D eigenvalue weighted by Crippen LogP contribution is -2.40. The first-order valence-corrected chi connectivity index (χ1v) is 27.0. The average molecular weight is 1080 g/mol. The van der Waals surface area contributed by atoms with Gasteiger partial charge in [0.05, 0.1) is 17.5 Å². The van der Waals surface area contributed by atoms with E-state index in [0.29, 0.717) is 34.9 Å². The Morgan fingerprint density at radius 3 is 2.48 bits per heavy atom. The van der Waals surface area contributed by atoms with Crippen molar-refractivity contribution in [1.82, 2.24) is 15.5 Å². The molecule has 410 valence electrons. The van der Waals surface area contributed by atoms with E-state index in [1.807, 2.05) is 36.4 Å². The van der Waals surface area contributed by atoms with Crippen molar-refractivity contribution < 1.29 is 51.6 Å². The van der Waals surface area contributed by atoms with Crippen LogP contribution in [-0.2, 0) is 37.0 Å². The fourth-order valence-electron chi connectivity index (χ4n) is 11.4. The molecule has 0 unspecified atom stereocenters. The molecule has 1 atom stereocenters. The van der Waals surface area contributed by atoms with Gasteiger partial charge in [0.1, 0.15) is 35.6 Å². The number of amides is 2. The van der Waals surface area contributed by atoms with E-state index in [-0.39, 0.29) is 43.8 Å². The molecule has 4 heterocycles. The number of carbonyl (C=O) groups is 3. The van der Waals surface area contributed by atoms with E-state index in [1.54, 1.807) is 12.1 Å². The largest absolute Gasteiger partial charge is 0.490 e. The number of carboxylic acids is 1. The number of aryl methyl sites for hydroxylation is 2. The van der Waals surface area contributed by atoms with Gasteiger partial charge in [0.15, 0.2) is 23.3 Å². The Bertz CT molecular complexity index is 3560. The molecule has 4 aliphatic heterocycles. The second-order valence-corrected chi connectivity index (χ2v) is 20.4. The van der Waals surface area contributed by atoms with Crippen molar-refractivity contribution in [3.63, 3.8) is 0 Å². The van der Waals surface area contributed by atoms with Crippen LogP contribution in [-0.4, -0.2) is 91.4 Å². The third-order valence-corrected chi connectivity index (χ3v) is 15.2. The number of aromatic carboxylic acids is 1. The maximum Gasteiger partial charge on any atom is 0.336 e. The number of carbonyl (C=O) groups excluding carboxylic acids is 2. The molecule has 19 heteroatoms. The van der Waals surface area contributed by atoms with Gasteiger partial charge in [-0.15, -0.1) is 0 Å². The zero-order chi connectivity index (χ0) is 55.3. The Hall–Kier alpha value is -7.99. The molecule has 0 aromatic heterocycles. The third kappa shape index (κ3) is 11.1. The van der Waals surface area contributed by atoms with Crippen LogP contribution in [0.3, 0.4) is 0 Å². The van der Waals surface area contributed by atoms with E-state index in [9.17, 15) is 24.6 Å². The minimum absolute atomic E-state index is 0.0132. The summed E-state index contributed by atoms with van der Waals surface area (Å²) >= 11 is 0. The monoisotopic (exact) mass is 1080 g/mol. The molecule has 0 spiro atoms. The molecule has 0 bridgehead atoms. The summed E-state index contributed by atoms with van der Waals surface area (Å²) in [6, 6.07) is 21.7. The molecule has 2 amide bonds. The number of anilines is 1. The average Bonchev–Trinajstić information content (AvgIpc) is 3.87. The van der Waals surface area contributed by atoms with Crippen LogP contribution < -0.4 is 35.6 Å². The van der Waals surface area contributed by atoms with Gasteiger partial charge in [0.25, 0.3) is 5.91 Å². The van der Waals surface area contributed by atoms with Gasteiger partial charge in [-0.3, -0.25) is 14.6 Å². The lowest BCUT2D eigenvalue weighted by atomic mass is 9.82. The van der Waals surface area contributed by atoms with E-state index in [0.717, 1.165) is 131 Å². The number of azide groups is 1. The number of unbranched alkanes of at least 4 members (excludes halogenated alkanes) is 1. The van der Waals surface area contributed by atoms with E-state index in [2.05, 4.69) is 44.6 Å². The summed E-state index contributed by atoms with van der Waals surface area (Å²) in [5.41, 5.74) is 13.3. The maximum atomic E-state index is 15.5. The van der Waals surface area contributed by atoms with Crippen molar-refractivity contribution in [2.24, 2.45) is 10.1 Å². The number of rotatable bonds is 20. The predicted octanol–water partition coefficient (Wildman–Crippen LogP) is 9.56. The van der Waals surface area contributed by atoms with Crippen molar-refractivity contribution in [3.8, 4) is 17.2 Å². The van der Waals surface area contributed by atoms with Gasteiger partial charge in [0.2, 0.25) is 5.91 Å². The lowest BCUT2D eigenvalue weighted by molar-refractivity contribution is -0.131. The van der Waals surface area contributed by atoms with Gasteiger partial charge in [-0.2, -0.15) is 0 Å². The van der Waals surface area contributed by atoms with Crippen LogP contribution in [0.4, 0.5) is 28.9 Å². The van der Waals surface area contributed by atoms with Gasteiger partial charge in [-0.1, -0.05) is 54.9 Å². The number of aliphatic hydroxyl groups is 1.